The Morgan fingerprint density at radius 1 is 1.04 bits per heavy atom. The van der Waals surface area contributed by atoms with Crippen LogP contribution in [0.2, 0.25) is 0 Å². The quantitative estimate of drug-likeness (QED) is 0.641. The maximum Gasteiger partial charge on any atom is 0.195 e. The minimum absolute atomic E-state index is 0.593. The fourth-order valence-electron chi connectivity index (χ4n) is 2.52. The summed E-state index contributed by atoms with van der Waals surface area (Å²) in [6.07, 6.45) is 2.01. The molecule has 1 heterocycles. The highest BCUT2D eigenvalue weighted by Crippen LogP contribution is 2.22. The van der Waals surface area contributed by atoms with Crippen molar-refractivity contribution < 1.29 is 4.74 Å². The van der Waals surface area contributed by atoms with E-state index in [-0.39, 0.29) is 0 Å². The minimum Gasteiger partial charge on any atom is -0.494 e. The Labute approximate surface area is 152 Å². The smallest absolute Gasteiger partial charge is 0.195 e. The van der Waals surface area contributed by atoms with Crippen molar-refractivity contribution in [2.45, 2.75) is 25.5 Å². The van der Waals surface area contributed by atoms with Gasteiger partial charge in [0.2, 0.25) is 0 Å². The summed E-state index contributed by atoms with van der Waals surface area (Å²) >= 11 is 1.59. The van der Waals surface area contributed by atoms with Crippen LogP contribution >= 0.6 is 11.8 Å². The number of hydrogen-bond donors (Lipinski definition) is 1. The molecule has 6 heteroatoms. The fourth-order valence-corrected chi connectivity index (χ4v) is 3.03. The van der Waals surface area contributed by atoms with E-state index in [1.54, 1.807) is 11.8 Å². The van der Waals surface area contributed by atoms with Crippen LogP contribution in [-0.2, 0) is 6.54 Å². The van der Waals surface area contributed by atoms with Crippen LogP contribution in [0.4, 0.5) is 5.69 Å². The molecule has 0 amide bonds. The number of nitrogens with one attached hydrogen (secondary N) is 1. The topological polar surface area (TPSA) is 52.0 Å². The number of nitrogens with zero attached hydrogens (tertiary/aromatic N) is 3. The maximum atomic E-state index is 5.47. The molecule has 1 N–H and O–H groups in total. The molecule has 0 fully saturated rings. The van der Waals surface area contributed by atoms with Crippen molar-refractivity contribution in [3.05, 3.63) is 59.9 Å². The number of aryl methyl sites for hydroxylation is 1. The second kappa shape index (κ2) is 8.07. The van der Waals surface area contributed by atoms with Gasteiger partial charge in [0.1, 0.15) is 5.75 Å². The molecule has 5 nitrogen and oxygen atoms in total. The molecule has 0 spiro atoms. The highest BCUT2D eigenvalue weighted by Gasteiger charge is 2.13. The van der Waals surface area contributed by atoms with E-state index in [1.807, 2.05) is 37.4 Å². The first-order valence-corrected chi connectivity index (χ1v) is 9.45. The molecule has 0 saturated heterocycles. The second-order valence-corrected chi connectivity index (χ2v) is 6.36. The van der Waals surface area contributed by atoms with Gasteiger partial charge in [-0.05, 0) is 56.5 Å². The third-order valence-corrected chi connectivity index (χ3v) is 4.42. The molecule has 0 unspecified atom stereocenters. The lowest BCUT2D eigenvalue weighted by Crippen LogP contribution is -2.08. The Morgan fingerprint density at radius 2 is 1.76 bits per heavy atom. The third-order valence-electron chi connectivity index (χ3n) is 3.79. The summed E-state index contributed by atoms with van der Waals surface area (Å²) in [5.74, 6) is 1.75. The zero-order valence-electron chi connectivity index (χ0n) is 14.7. The highest BCUT2D eigenvalue weighted by atomic mass is 32.2. The van der Waals surface area contributed by atoms with Gasteiger partial charge in [-0.1, -0.05) is 29.5 Å². The predicted octanol–water partition coefficient (Wildman–Crippen LogP) is 4.31. The van der Waals surface area contributed by atoms with Crippen LogP contribution in [0.1, 0.15) is 18.3 Å². The van der Waals surface area contributed by atoms with Crippen LogP contribution in [0.5, 0.6) is 5.75 Å². The van der Waals surface area contributed by atoms with E-state index < -0.39 is 0 Å². The van der Waals surface area contributed by atoms with Crippen LogP contribution in [0.25, 0.3) is 5.69 Å². The molecule has 0 aliphatic rings. The highest BCUT2D eigenvalue weighted by molar-refractivity contribution is 7.98. The molecule has 2 aromatic carbocycles. The predicted molar refractivity (Wildman–Crippen MR) is 103 cm³/mol. The van der Waals surface area contributed by atoms with E-state index in [4.69, 9.17) is 4.74 Å². The first-order chi connectivity index (χ1) is 12.2. The molecule has 0 atom stereocenters. The number of thioether (sulfide) groups is 1. The number of benzene rings is 2. The summed E-state index contributed by atoms with van der Waals surface area (Å²) in [5, 5.41) is 12.9. The number of ether oxygens (including phenoxy) is 1. The first kappa shape index (κ1) is 17.4. The Morgan fingerprint density at radius 3 is 2.40 bits per heavy atom. The molecule has 0 aliphatic heterocycles. The molecule has 3 rings (SSSR count). The maximum absolute atomic E-state index is 5.47. The van der Waals surface area contributed by atoms with E-state index >= 15 is 0 Å². The van der Waals surface area contributed by atoms with Crippen LogP contribution in [0, 0.1) is 6.92 Å². The summed E-state index contributed by atoms with van der Waals surface area (Å²) < 4.78 is 7.56. The largest absolute Gasteiger partial charge is 0.494 e. The summed E-state index contributed by atoms with van der Waals surface area (Å²) in [6, 6.07) is 16.3. The van der Waals surface area contributed by atoms with Crippen LogP contribution in [0.15, 0.2) is 53.7 Å². The molecule has 0 saturated carbocycles. The van der Waals surface area contributed by atoms with E-state index in [0.29, 0.717) is 13.2 Å². The minimum atomic E-state index is 0.593. The molecule has 130 valence electrons. The zero-order chi connectivity index (χ0) is 17.6. The molecule has 0 radical (unpaired) electrons. The average molecular weight is 354 g/mol. The Kier molecular flexibility index (Phi) is 5.60. The van der Waals surface area contributed by atoms with Gasteiger partial charge in [0.25, 0.3) is 0 Å². The van der Waals surface area contributed by atoms with Crippen molar-refractivity contribution >= 4 is 17.4 Å². The summed E-state index contributed by atoms with van der Waals surface area (Å²) in [6.45, 7) is 5.33. The lowest BCUT2D eigenvalue weighted by atomic mass is 10.2. The Balaban J connectivity index is 1.78. The standard InChI is InChI=1S/C19H22N4OS/c1-4-24-17-11-7-15(8-12-17)20-13-18-21-22-19(25-3)23(18)16-9-5-14(2)6-10-16/h5-12,20H,4,13H2,1-3H3. The SMILES string of the molecule is CCOc1ccc(NCc2nnc(SC)n2-c2ccc(C)cc2)cc1. The van der Waals surface area contributed by atoms with Gasteiger partial charge in [0, 0.05) is 11.4 Å². The normalized spacial score (nSPS) is 10.7. The van der Waals surface area contributed by atoms with Crippen LogP contribution in [-0.4, -0.2) is 27.6 Å². The van der Waals surface area contributed by atoms with Crippen LogP contribution in [0.3, 0.4) is 0 Å². The van der Waals surface area contributed by atoms with Gasteiger partial charge in [-0.2, -0.15) is 0 Å². The summed E-state index contributed by atoms with van der Waals surface area (Å²) in [7, 11) is 0. The van der Waals surface area contributed by atoms with Crippen LogP contribution < -0.4 is 10.1 Å². The molecular formula is C19H22N4OS. The van der Waals surface area contributed by atoms with Gasteiger partial charge in [-0.15, -0.1) is 10.2 Å². The zero-order valence-corrected chi connectivity index (χ0v) is 15.5. The Bertz CT molecular complexity index is 812. The molecule has 0 aliphatic carbocycles. The average Bonchev–Trinajstić information content (AvgIpc) is 3.05. The van der Waals surface area contributed by atoms with Crippen molar-refractivity contribution in [1.29, 1.82) is 0 Å². The van der Waals surface area contributed by atoms with Gasteiger partial charge in [-0.25, -0.2) is 0 Å². The third kappa shape index (κ3) is 4.14. The lowest BCUT2D eigenvalue weighted by Gasteiger charge is -2.11. The Hall–Kier alpha value is -2.47. The summed E-state index contributed by atoms with van der Waals surface area (Å²) in [4.78, 5) is 0. The fraction of sp³-hybridized carbons (Fsp3) is 0.263. The van der Waals surface area contributed by atoms with Gasteiger partial charge < -0.3 is 10.1 Å². The van der Waals surface area contributed by atoms with E-state index in [9.17, 15) is 0 Å². The number of hydrogen-bond acceptors (Lipinski definition) is 5. The molecule has 0 bridgehead atoms. The number of rotatable bonds is 7. The van der Waals surface area contributed by atoms with Crippen molar-refractivity contribution in [1.82, 2.24) is 14.8 Å². The van der Waals surface area contributed by atoms with E-state index in [1.165, 1.54) is 5.56 Å². The monoisotopic (exact) mass is 354 g/mol. The second-order valence-electron chi connectivity index (χ2n) is 5.58. The van der Waals surface area contributed by atoms with Crippen molar-refractivity contribution in [2.24, 2.45) is 0 Å². The van der Waals surface area contributed by atoms with Gasteiger partial charge in [0.15, 0.2) is 11.0 Å². The van der Waals surface area contributed by atoms with Crippen molar-refractivity contribution in [3.63, 3.8) is 0 Å². The molecule has 25 heavy (non-hydrogen) atoms. The number of anilines is 1. The van der Waals surface area contributed by atoms with E-state index in [0.717, 1.165) is 28.1 Å². The van der Waals surface area contributed by atoms with Crippen molar-refractivity contribution in [2.75, 3.05) is 18.2 Å². The first-order valence-electron chi connectivity index (χ1n) is 8.23. The van der Waals surface area contributed by atoms with Gasteiger partial charge >= 0.3 is 0 Å². The van der Waals surface area contributed by atoms with Gasteiger partial charge in [0.05, 0.1) is 13.2 Å². The summed E-state index contributed by atoms with van der Waals surface area (Å²) in [5.41, 5.74) is 3.33. The molecule has 1 aromatic heterocycles. The molecular weight excluding hydrogens is 332 g/mol. The van der Waals surface area contributed by atoms with Crippen molar-refractivity contribution in [3.8, 4) is 11.4 Å². The number of aromatic nitrogens is 3. The van der Waals surface area contributed by atoms with E-state index in [2.05, 4.69) is 51.3 Å². The van der Waals surface area contributed by atoms with Gasteiger partial charge in [-0.3, -0.25) is 4.57 Å². The molecule has 3 aromatic rings. The lowest BCUT2D eigenvalue weighted by molar-refractivity contribution is 0.340.